The Bertz CT molecular complexity index is 891. The summed E-state index contributed by atoms with van der Waals surface area (Å²) >= 11 is 1.38. The first-order valence-electron chi connectivity index (χ1n) is 8.15. The molecule has 0 aliphatic heterocycles. The highest BCUT2D eigenvalue weighted by Gasteiger charge is 2.34. The molecule has 0 saturated carbocycles. The fourth-order valence-corrected chi connectivity index (χ4v) is 4.45. The fraction of sp³-hybridized carbons (Fsp3) is 0.471. The van der Waals surface area contributed by atoms with Gasteiger partial charge in [0.05, 0.1) is 5.56 Å². The lowest BCUT2D eigenvalue weighted by Gasteiger charge is -2.17. The number of aromatic nitrogens is 2. The quantitative estimate of drug-likeness (QED) is 0.875. The van der Waals surface area contributed by atoms with E-state index in [-0.39, 0.29) is 12.2 Å². The van der Waals surface area contributed by atoms with E-state index in [0.717, 1.165) is 40.5 Å². The summed E-state index contributed by atoms with van der Waals surface area (Å²) in [6.45, 7) is 3.26. The van der Waals surface area contributed by atoms with Crippen LogP contribution in [0.4, 0.5) is 18.2 Å². The topological polar surface area (TPSA) is 70.7 Å². The maximum Gasteiger partial charge on any atom is 0.435 e. The van der Waals surface area contributed by atoms with Crippen LogP contribution in [0.15, 0.2) is 6.07 Å². The molecule has 3 rings (SSSR count). The van der Waals surface area contributed by atoms with Gasteiger partial charge in [-0.2, -0.15) is 23.5 Å². The summed E-state index contributed by atoms with van der Waals surface area (Å²) < 4.78 is 39.2. The number of halogens is 3. The molecule has 0 saturated heterocycles. The minimum atomic E-state index is -4.55. The van der Waals surface area contributed by atoms with Crippen LogP contribution in [0.3, 0.4) is 0 Å². The molecule has 0 aromatic carbocycles. The second-order valence-corrected chi connectivity index (χ2v) is 7.65. The molecule has 1 aliphatic carbocycles. The number of nitriles is 1. The van der Waals surface area contributed by atoms with Gasteiger partial charge in [0.25, 0.3) is 0 Å². The van der Waals surface area contributed by atoms with Crippen molar-refractivity contribution in [2.45, 2.75) is 45.8 Å². The number of aryl methyl sites for hydroxylation is 1. The molecule has 2 aromatic rings. The zero-order chi connectivity index (χ0) is 19.1. The van der Waals surface area contributed by atoms with Crippen molar-refractivity contribution in [3.63, 3.8) is 0 Å². The van der Waals surface area contributed by atoms with E-state index in [1.54, 1.807) is 0 Å². The summed E-state index contributed by atoms with van der Waals surface area (Å²) in [5, 5.41) is 16.0. The Balaban J connectivity index is 1.77. The number of thiophene rings is 1. The average molecular weight is 382 g/mol. The number of carbonyl (C=O) groups is 1. The highest BCUT2D eigenvalue weighted by Crippen LogP contribution is 2.39. The number of nitrogens with one attached hydrogen (secondary N) is 1. The Morgan fingerprint density at radius 1 is 1.54 bits per heavy atom. The number of fused-ring (bicyclic) bond motifs is 1. The highest BCUT2D eigenvalue weighted by molar-refractivity contribution is 7.16. The number of nitrogens with zero attached hydrogens (tertiary/aromatic N) is 3. The van der Waals surface area contributed by atoms with Crippen LogP contribution < -0.4 is 5.32 Å². The monoisotopic (exact) mass is 382 g/mol. The van der Waals surface area contributed by atoms with Crippen LogP contribution in [-0.4, -0.2) is 15.7 Å². The summed E-state index contributed by atoms with van der Waals surface area (Å²) in [6.07, 6.45) is -1.88. The predicted octanol–water partition coefficient (Wildman–Crippen LogP) is 3.91. The maximum atomic E-state index is 12.7. The molecular formula is C17H17F3N4OS. The highest BCUT2D eigenvalue weighted by atomic mass is 32.1. The van der Waals surface area contributed by atoms with Crippen LogP contribution in [0.1, 0.15) is 40.7 Å². The van der Waals surface area contributed by atoms with Gasteiger partial charge < -0.3 is 5.32 Å². The Hall–Kier alpha value is -2.34. The first kappa shape index (κ1) is 18.5. The Morgan fingerprint density at radius 3 is 2.88 bits per heavy atom. The minimum absolute atomic E-state index is 0.243. The molecule has 9 heteroatoms. The van der Waals surface area contributed by atoms with Crippen LogP contribution in [0.2, 0.25) is 0 Å². The van der Waals surface area contributed by atoms with Gasteiger partial charge in [0.1, 0.15) is 17.6 Å². The van der Waals surface area contributed by atoms with Gasteiger partial charge in [0.2, 0.25) is 5.91 Å². The van der Waals surface area contributed by atoms with Crippen molar-refractivity contribution in [3.05, 3.63) is 33.5 Å². The summed E-state index contributed by atoms with van der Waals surface area (Å²) in [5.74, 6) is 0.0248. The first-order chi connectivity index (χ1) is 12.2. The molecule has 5 nitrogen and oxygen atoms in total. The lowest BCUT2D eigenvalue weighted by molar-refractivity contribution is -0.141. The molecule has 1 N–H and O–H groups in total. The van der Waals surface area contributed by atoms with Gasteiger partial charge in [-0.05, 0) is 43.7 Å². The van der Waals surface area contributed by atoms with Crippen molar-refractivity contribution < 1.29 is 18.0 Å². The van der Waals surface area contributed by atoms with Crippen molar-refractivity contribution in [2.24, 2.45) is 5.92 Å². The summed E-state index contributed by atoms with van der Waals surface area (Å²) in [6, 6.07) is 3.05. The molecule has 2 aromatic heterocycles. The van der Waals surface area contributed by atoms with Gasteiger partial charge >= 0.3 is 6.18 Å². The zero-order valence-corrected chi connectivity index (χ0v) is 15.1. The molecule has 1 atom stereocenters. The lowest BCUT2D eigenvalue weighted by atomic mass is 9.89. The van der Waals surface area contributed by atoms with Crippen LogP contribution in [0.25, 0.3) is 0 Å². The number of anilines is 1. The lowest BCUT2D eigenvalue weighted by Crippen LogP contribution is -2.20. The Labute approximate surface area is 152 Å². The number of amides is 1. The third kappa shape index (κ3) is 3.60. The van der Waals surface area contributed by atoms with Crippen LogP contribution >= 0.6 is 11.3 Å². The van der Waals surface area contributed by atoms with E-state index in [9.17, 15) is 23.2 Å². The molecule has 138 valence electrons. The van der Waals surface area contributed by atoms with E-state index in [1.165, 1.54) is 18.3 Å². The minimum Gasteiger partial charge on any atom is -0.315 e. The second kappa shape index (κ2) is 6.76. The Morgan fingerprint density at radius 2 is 2.27 bits per heavy atom. The number of carbonyl (C=O) groups excluding carboxylic acids is 1. The molecule has 2 heterocycles. The van der Waals surface area contributed by atoms with E-state index in [4.69, 9.17) is 0 Å². The van der Waals surface area contributed by atoms with Crippen LogP contribution in [-0.2, 0) is 30.4 Å². The normalized spacial score (nSPS) is 16.8. The van der Waals surface area contributed by atoms with Crippen LogP contribution in [0.5, 0.6) is 0 Å². The largest absolute Gasteiger partial charge is 0.435 e. The van der Waals surface area contributed by atoms with Crippen molar-refractivity contribution >= 4 is 22.2 Å². The zero-order valence-electron chi connectivity index (χ0n) is 14.3. The smallest absolute Gasteiger partial charge is 0.315 e. The number of hydrogen-bond donors (Lipinski definition) is 1. The maximum absolute atomic E-state index is 12.7. The third-order valence-electron chi connectivity index (χ3n) is 4.44. The van der Waals surface area contributed by atoms with E-state index in [2.05, 4.69) is 23.4 Å². The summed E-state index contributed by atoms with van der Waals surface area (Å²) in [7, 11) is 0. The molecule has 0 unspecified atom stereocenters. The van der Waals surface area contributed by atoms with Gasteiger partial charge in [0.15, 0.2) is 5.69 Å². The van der Waals surface area contributed by atoms with Gasteiger partial charge in [-0.15, -0.1) is 11.3 Å². The SMILES string of the molecule is Cc1cc(C(F)(F)F)nn1CC(=O)Nc1sc2c(c1C#N)CC[C@@H](C)C2. The Kier molecular flexibility index (Phi) is 4.80. The van der Waals surface area contributed by atoms with Gasteiger partial charge in [0, 0.05) is 10.6 Å². The van der Waals surface area contributed by atoms with Gasteiger partial charge in [-0.1, -0.05) is 6.92 Å². The number of alkyl halides is 3. The van der Waals surface area contributed by atoms with E-state index in [1.807, 2.05) is 0 Å². The third-order valence-corrected chi connectivity index (χ3v) is 5.61. The number of hydrogen-bond acceptors (Lipinski definition) is 4. The number of rotatable bonds is 3. The molecule has 0 fully saturated rings. The van der Waals surface area contributed by atoms with Gasteiger partial charge in [-0.3, -0.25) is 9.48 Å². The summed E-state index contributed by atoms with van der Waals surface area (Å²) in [4.78, 5) is 13.4. The van der Waals surface area contributed by atoms with Crippen molar-refractivity contribution in [3.8, 4) is 6.07 Å². The fourth-order valence-electron chi connectivity index (χ4n) is 3.07. The molecule has 1 amide bonds. The first-order valence-corrected chi connectivity index (χ1v) is 8.96. The van der Waals surface area contributed by atoms with Crippen molar-refractivity contribution in [1.82, 2.24) is 9.78 Å². The van der Waals surface area contributed by atoms with E-state index < -0.39 is 17.8 Å². The molecule has 1 aliphatic rings. The summed E-state index contributed by atoms with van der Waals surface area (Å²) in [5.41, 5.74) is 0.673. The van der Waals surface area contributed by atoms with Crippen LogP contribution in [0, 0.1) is 24.2 Å². The predicted molar refractivity (Wildman–Crippen MR) is 90.8 cm³/mol. The van der Waals surface area contributed by atoms with Gasteiger partial charge in [-0.25, -0.2) is 0 Å². The second-order valence-electron chi connectivity index (χ2n) is 6.54. The van der Waals surface area contributed by atoms with Crippen molar-refractivity contribution in [2.75, 3.05) is 5.32 Å². The molecule has 26 heavy (non-hydrogen) atoms. The molecule has 0 bridgehead atoms. The van der Waals surface area contributed by atoms with Crippen molar-refractivity contribution in [1.29, 1.82) is 5.26 Å². The molecule has 0 radical (unpaired) electrons. The van der Waals surface area contributed by atoms with E-state index in [0.29, 0.717) is 16.5 Å². The molecule has 0 spiro atoms. The average Bonchev–Trinajstić information content (AvgIpc) is 3.06. The molecular weight excluding hydrogens is 365 g/mol. The van der Waals surface area contributed by atoms with E-state index >= 15 is 0 Å². The standard InChI is InChI=1S/C17H17F3N4OS/c1-9-3-4-11-12(7-21)16(26-13(11)5-9)22-15(25)8-24-10(2)6-14(23-24)17(18,19)20/h6,9H,3-5,8H2,1-2H3,(H,22,25)/t9-/m1/s1.